The molecule has 0 aromatic carbocycles. The Morgan fingerprint density at radius 3 is 1.26 bits per heavy atom. The van der Waals surface area contributed by atoms with E-state index < -0.39 is 0 Å². The summed E-state index contributed by atoms with van der Waals surface area (Å²) < 4.78 is 1.14. The summed E-state index contributed by atoms with van der Waals surface area (Å²) >= 11 is 4.35. The fourth-order valence-corrected chi connectivity index (χ4v) is 3.66. The van der Waals surface area contributed by atoms with E-state index in [1.165, 1.54) is 103 Å². The second-order valence-electron chi connectivity index (χ2n) is 7.70. The third kappa shape index (κ3) is 20.7. The molecular formula is C20H44BrNS. The average Bonchev–Trinajstić information content (AvgIpc) is 2.47. The summed E-state index contributed by atoms with van der Waals surface area (Å²) in [7, 11) is 4.66. The molecule has 0 heterocycles. The largest absolute Gasteiger partial charge is 1.00 e. The SMILES string of the molecule is CCCCCCCCCCCCCCCC[N+](C)(C)CCS.[Br-]. The Bertz CT molecular complexity index is 222. The van der Waals surface area contributed by atoms with Crippen LogP contribution in [0.15, 0.2) is 0 Å². The van der Waals surface area contributed by atoms with Gasteiger partial charge in [-0.1, -0.05) is 84.0 Å². The van der Waals surface area contributed by atoms with E-state index in [0.717, 1.165) is 10.2 Å². The number of quaternary nitrogens is 1. The van der Waals surface area contributed by atoms with Gasteiger partial charge in [-0.3, -0.25) is 0 Å². The molecule has 0 aliphatic carbocycles. The zero-order valence-corrected chi connectivity index (χ0v) is 18.8. The Balaban J connectivity index is 0. The molecule has 1 nitrogen and oxygen atoms in total. The van der Waals surface area contributed by atoms with E-state index in [1.54, 1.807) is 0 Å². The number of unbranched alkanes of at least 4 members (excludes halogenated alkanes) is 13. The highest BCUT2D eigenvalue weighted by Gasteiger charge is 2.12. The number of hydrogen-bond acceptors (Lipinski definition) is 1. The van der Waals surface area contributed by atoms with Gasteiger partial charge in [-0.15, -0.1) is 0 Å². The topological polar surface area (TPSA) is 0 Å². The quantitative estimate of drug-likeness (QED) is 0.212. The van der Waals surface area contributed by atoms with Crippen molar-refractivity contribution in [3.63, 3.8) is 0 Å². The van der Waals surface area contributed by atoms with Crippen LogP contribution in [0, 0.1) is 0 Å². The molecule has 142 valence electrons. The highest BCUT2D eigenvalue weighted by atomic mass is 79.9. The predicted octanol–water partition coefficient (Wildman–Crippen LogP) is 3.48. The van der Waals surface area contributed by atoms with E-state index in [0.29, 0.717) is 0 Å². The summed E-state index contributed by atoms with van der Waals surface area (Å²) in [4.78, 5) is 0. The first-order valence-electron chi connectivity index (χ1n) is 10.1. The van der Waals surface area contributed by atoms with E-state index in [1.807, 2.05) is 0 Å². The lowest BCUT2D eigenvalue weighted by Crippen LogP contribution is -3.00. The van der Waals surface area contributed by atoms with Crippen LogP contribution in [0.2, 0.25) is 0 Å². The van der Waals surface area contributed by atoms with E-state index in [4.69, 9.17) is 0 Å². The van der Waals surface area contributed by atoms with Crippen molar-refractivity contribution >= 4 is 12.6 Å². The maximum atomic E-state index is 4.35. The Kier molecular flexibility index (Phi) is 21.6. The van der Waals surface area contributed by atoms with Crippen molar-refractivity contribution in [2.24, 2.45) is 0 Å². The number of rotatable bonds is 17. The minimum Gasteiger partial charge on any atom is -1.00 e. The molecule has 0 aliphatic heterocycles. The summed E-state index contributed by atoms with van der Waals surface area (Å²) in [6, 6.07) is 0. The highest BCUT2D eigenvalue weighted by molar-refractivity contribution is 7.80. The Morgan fingerprint density at radius 1 is 0.565 bits per heavy atom. The molecule has 0 unspecified atom stereocenters. The van der Waals surface area contributed by atoms with Gasteiger partial charge in [0.15, 0.2) is 0 Å². The van der Waals surface area contributed by atoms with Crippen molar-refractivity contribution in [3.8, 4) is 0 Å². The van der Waals surface area contributed by atoms with Gasteiger partial charge in [0, 0.05) is 5.75 Å². The van der Waals surface area contributed by atoms with Crippen molar-refractivity contribution in [3.05, 3.63) is 0 Å². The zero-order valence-electron chi connectivity index (χ0n) is 16.3. The monoisotopic (exact) mass is 409 g/mol. The molecule has 0 rings (SSSR count). The first kappa shape index (κ1) is 26.0. The van der Waals surface area contributed by atoms with Crippen molar-refractivity contribution in [1.29, 1.82) is 0 Å². The second kappa shape index (κ2) is 19.1. The first-order chi connectivity index (χ1) is 10.6. The minimum absolute atomic E-state index is 0. The van der Waals surface area contributed by atoms with Crippen LogP contribution in [0.3, 0.4) is 0 Å². The molecule has 0 aliphatic rings. The third-order valence-corrected chi connectivity index (χ3v) is 5.02. The summed E-state index contributed by atoms with van der Waals surface area (Å²) in [5, 5.41) is 0. The van der Waals surface area contributed by atoms with Gasteiger partial charge >= 0.3 is 0 Å². The van der Waals surface area contributed by atoms with Gasteiger partial charge in [-0.2, -0.15) is 12.6 Å². The number of halogens is 1. The van der Waals surface area contributed by atoms with Crippen LogP contribution < -0.4 is 17.0 Å². The van der Waals surface area contributed by atoms with Gasteiger partial charge in [0.05, 0.1) is 27.2 Å². The van der Waals surface area contributed by atoms with E-state index in [-0.39, 0.29) is 17.0 Å². The zero-order chi connectivity index (χ0) is 16.5. The Hall–Kier alpha value is 0.790. The number of nitrogens with zero attached hydrogens (tertiary/aromatic N) is 1. The average molecular weight is 411 g/mol. The fourth-order valence-electron chi connectivity index (χ4n) is 3.12. The summed E-state index contributed by atoms with van der Waals surface area (Å²) in [5.74, 6) is 1.01. The van der Waals surface area contributed by atoms with Crippen LogP contribution in [0.1, 0.15) is 96.8 Å². The Morgan fingerprint density at radius 2 is 0.913 bits per heavy atom. The van der Waals surface area contributed by atoms with Gasteiger partial charge in [-0.25, -0.2) is 0 Å². The summed E-state index contributed by atoms with van der Waals surface area (Å²) in [5.41, 5.74) is 0. The predicted molar refractivity (Wildman–Crippen MR) is 106 cm³/mol. The molecule has 0 aromatic heterocycles. The molecule has 0 bridgehead atoms. The molecule has 0 fully saturated rings. The second-order valence-corrected chi connectivity index (χ2v) is 8.15. The molecule has 0 amide bonds. The van der Waals surface area contributed by atoms with Crippen LogP contribution >= 0.6 is 12.6 Å². The van der Waals surface area contributed by atoms with Crippen LogP contribution in [0.4, 0.5) is 0 Å². The van der Waals surface area contributed by atoms with Gasteiger partial charge in [0.2, 0.25) is 0 Å². The van der Waals surface area contributed by atoms with Gasteiger partial charge in [0.25, 0.3) is 0 Å². The molecule has 0 saturated heterocycles. The van der Waals surface area contributed by atoms with E-state index >= 15 is 0 Å². The van der Waals surface area contributed by atoms with Crippen LogP contribution in [-0.2, 0) is 0 Å². The third-order valence-electron chi connectivity index (χ3n) is 4.82. The van der Waals surface area contributed by atoms with Gasteiger partial charge in [-0.05, 0) is 12.8 Å². The lowest BCUT2D eigenvalue weighted by molar-refractivity contribution is -0.888. The molecule has 0 aromatic rings. The molecule has 0 spiro atoms. The first-order valence-corrected chi connectivity index (χ1v) is 10.7. The van der Waals surface area contributed by atoms with Crippen molar-refractivity contribution in [1.82, 2.24) is 0 Å². The maximum Gasteiger partial charge on any atom is 0.0871 e. The van der Waals surface area contributed by atoms with E-state index in [2.05, 4.69) is 33.6 Å². The summed E-state index contributed by atoms with van der Waals surface area (Å²) in [6.07, 6.45) is 20.3. The Labute approximate surface area is 163 Å². The van der Waals surface area contributed by atoms with Crippen molar-refractivity contribution in [2.45, 2.75) is 96.8 Å². The lowest BCUT2D eigenvalue weighted by Gasteiger charge is -2.29. The van der Waals surface area contributed by atoms with Crippen LogP contribution in [0.25, 0.3) is 0 Å². The van der Waals surface area contributed by atoms with Crippen LogP contribution in [0.5, 0.6) is 0 Å². The van der Waals surface area contributed by atoms with Crippen molar-refractivity contribution in [2.75, 3.05) is 32.9 Å². The fraction of sp³-hybridized carbons (Fsp3) is 1.00. The molecule has 0 atom stereocenters. The smallest absolute Gasteiger partial charge is 0.0871 e. The molecular weight excluding hydrogens is 366 g/mol. The highest BCUT2D eigenvalue weighted by Crippen LogP contribution is 2.13. The lowest BCUT2D eigenvalue weighted by atomic mass is 10.0. The molecule has 23 heavy (non-hydrogen) atoms. The van der Waals surface area contributed by atoms with Gasteiger partial charge in [0.1, 0.15) is 0 Å². The normalized spacial score (nSPS) is 11.5. The molecule has 0 saturated carbocycles. The van der Waals surface area contributed by atoms with Crippen LogP contribution in [-0.4, -0.2) is 37.4 Å². The standard InChI is InChI=1S/C20H43NS.BrH/c1-4-5-6-7-8-9-10-11-12-13-14-15-16-17-18-21(2,3)19-20-22;/h4-20H2,1-3H3;1H. The number of thiol groups is 1. The molecule has 0 radical (unpaired) electrons. The maximum absolute atomic E-state index is 4.35. The minimum atomic E-state index is 0. The van der Waals surface area contributed by atoms with E-state index in [9.17, 15) is 0 Å². The molecule has 3 heteroatoms. The summed E-state index contributed by atoms with van der Waals surface area (Å²) in [6.45, 7) is 4.81. The van der Waals surface area contributed by atoms with Gasteiger partial charge < -0.3 is 21.5 Å². The van der Waals surface area contributed by atoms with Crippen molar-refractivity contribution < 1.29 is 21.5 Å². The number of hydrogen-bond donors (Lipinski definition) is 1. The molecule has 0 N–H and O–H groups in total.